The number of thioether (sulfide) groups is 1. The van der Waals surface area contributed by atoms with Gasteiger partial charge in [0.15, 0.2) is 0 Å². The lowest BCUT2D eigenvalue weighted by atomic mass is 10.0. The average Bonchev–Trinajstić information content (AvgIpc) is 2.44. The third kappa shape index (κ3) is 1.08. The minimum atomic E-state index is -1.05. The summed E-state index contributed by atoms with van der Waals surface area (Å²) in [5.41, 5.74) is -0.349. The zero-order chi connectivity index (χ0) is 8.01. The summed E-state index contributed by atoms with van der Waals surface area (Å²) in [5, 5.41) is 27.8. The van der Waals surface area contributed by atoms with Gasteiger partial charge in [-0.1, -0.05) is 0 Å². The van der Waals surface area contributed by atoms with Crippen LogP contribution in [0.15, 0.2) is 0 Å². The SMILES string of the molecule is O[C@H]1[C@H](O)[C@@H]2CS[C@@H](O2)[C@H]1O. The number of hydrogen-bond donors (Lipinski definition) is 3. The average molecular weight is 178 g/mol. The van der Waals surface area contributed by atoms with E-state index < -0.39 is 18.3 Å². The molecular weight excluding hydrogens is 168 g/mol. The van der Waals surface area contributed by atoms with E-state index in [1.807, 2.05) is 0 Å². The lowest BCUT2D eigenvalue weighted by Gasteiger charge is -2.33. The molecule has 0 aromatic rings. The Bertz CT molecular complexity index is 145. The minimum Gasteiger partial charge on any atom is -0.388 e. The summed E-state index contributed by atoms with van der Waals surface area (Å²) in [7, 11) is 0. The van der Waals surface area contributed by atoms with Gasteiger partial charge >= 0.3 is 0 Å². The van der Waals surface area contributed by atoms with Crippen molar-refractivity contribution < 1.29 is 20.1 Å². The van der Waals surface area contributed by atoms with Gasteiger partial charge in [-0.15, -0.1) is 11.8 Å². The molecule has 11 heavy (non-hydrogen) atoms. The van der Waals surface area contributed by atoms with Crippen molar-refractivity contribution in [2.24, 2.45) is 0 Å². The zero-order valence-corrected chi connectivity index (χ0v) is 6.57. The molecule has 2 bridgehead atoms. The smallest absolute Gasteiger partial charge is 0.132 e. The van der Waals surface area contributed by atoms with Crippen LogP contribution < -0.4 is 0 Å². The van der Waals surface area contributed by atoms with Gasteiger partial charge in [0, 0.05) is 5.75 Å². The summed E-state index contributed by atoms with van der Waals surface area (Å²) in [6, 6.07) is 0. The highest BCUT2D eigenvalue weighted by Crippen LogP contribution is 2.36. The van der Waals surface area contributed by atoms with Crippen LogP contribution in [0.25, 0.3) is 0 Å². The Morgan fingerprint density at radius 1 is 1.09 bits per heavy atom. The van der Waals surface area contributed by atoms with Crippen molar-refractivity contribution in [2.75, 3.05) is 5.75 Å². The van der Waals surface area contributed by atoms with E-state index in [2.05, 4.69) is 0 Å². The fourth-order valence-electron chi connectivity index (χ4n) is 1.38. The first-order valence-corrected chi connectivity index (χ1v) is 4.56. The number of ether oxygens (including phenoxy) is 1. The number of hydrogen-bond acceptors (Lipinski definition) is 5. The van der Waals surface area contributed by atoms with E-state index in [-0.39, 0.29) is 11.5 Å². The molecule has 0 unspecified atom stereocenters. The van der Waals surface area contributed by atoms with Gasteiger partial charge in [-0.3, -0.25) is 0 Å². The van der Waals surface area contributed by atoms with Crippen LogP contribution >= 0.6 is 11.8 Å². The molecule has 0 saturated carbocycles. The van der Waals surface area contributed by atoms with Crippen LogP contribution in [0.2, 0.25) is 0 Å². The fraction of sp³-hybridized carbons (Fsp3) is 1.00. The van der Waals surface area contributed by atoms with Gasteiger partial charge < -0.3 is 20.1 Å². The molecule has 5 heteroatoms. The summed E-state index contributed by atoms with van der Waals surface area (Å²) < 4.78 is 5.20. The molecule has 2 aliphatic rings. The van der Waals surface area contributed by atoms with Gasteiger partial charge in [-0.05, 0) is 0 Å². The molecule has 2 saturated heterocycles. The third-order valence-electron chi connectivity index (χ3n) is 2.09. The Kier molecular flexibility index (Phi) is 1.85. The molecule has 2 fully saturated rings. The topological polar surface area (TPSA) is 69.9 Å². The van der Waals surface area contributed by atoms with Crippen LogP contribution in [0.4, 0.5) is 0 Å². The molecule has 4 nitrogen and oxygen atoms in total. The number of rotatable bonds is 0. The van der Waals surface area contributed by atoms with Crippen molar-refractivity contribution in [3.8, 4) is 0 Å². The highest BCUT2D eigenvalue weighted by Gasteiger charge is 2.48. The Hall–Kier alpha value is 0.190. The molecule has 0 radical (unpaired) electrons. The van der Waals surface area contributed by atoms with Crippen LogP contribution in [0.3, 0.4) is 0 Å². The summed E-state index contributed by atoms with van der Waals surface area (Å²) in [5.74, 6) is 0.653. The molecule has 0 aromatic carbocycles. The van der Waals surface area contributed by atoms with Gasteiger partial charge in [0.05, 0.1) is 6.10 Å². The maximum Gasteiger partial charge on any atom is 0.132 e. The summed E-state index contributed by atoms with van der Waals surface area (Å²) in [6.07, 6.45) is -3.23. The second-order valence-corrected chi connectivity index (χ2v) is 3.98. The lowest BCUT2D eigenvalue weighted by molar-refractivity contribution is -0.183. The van der Waals surface area contributed by atoms with Crippen LogP contribution in [0, 0.1) is 0 Å². The molecule has 2 aliphatic heterocycles. The quantitative estimate of drug-likeness (QED) is 0.423. The molecule has 2 heterocycles. The molecule has 0 amide bonds. The van der Waals surface area contributed by atoms with Gasteiger partial charge in [0.25, 0.3) is 0 Å². The lowest BCUT2D eigenvalue weighted by Crippen LogP contribution is -2.53. The van der Waals surface area contributed by atoms with E-state index in [0.29, 0.717) is 5.75 Å². The first kappa shape index (κ1) is 7.82. The number of aliphatic hydroxyl groups is 3. The van der Waals surface area contributed by atoms with Crippen molar-refractivity contribution in [1.29, 1.82) is 0 Å². The van der Waals surface area contributed by atoms with Gasteiger partial charge in [0.1, 0.15) is 23.7 Å². The van der Waals surface area contributed by atoms with Crippen molar-refractivity contribution >= 4 is 11.8 Å². The molecule has 2 rings (SSSR count). The molecule has 5 atom stereocenters. The van der Waals surface area contributed by atoms with Crippen molar-refractivity contribution in [1.82, 2.24) is 0 Å². The monoisotopic (exact) mass is 178 g/mol. The van der Waals surface area contributed by atoms with Crippen molar-refractivity contribution in [2.45, 2.75) is 29.9 Å². The number of fused-ring (bicyclic) bond motifs is 2. The van der Waals surface area contributed by atoms with Crippen LogP contribution in [-0.4, -0.2) is 50.9 Å². The van der Waals surface area contributed by atoms with Crippen molar-refractivity contribution in [3.63, 3.8) is 0 Å². The molecule has 0 aliphatic carbocycles. The molecule has 0 aromatic heterocycles. The molecule has 3 N–H and O–H groups in total. The van der Waals surface area contributed by atoms with E-state index in [1.165, 1.54) is 11.8 Å². The second kappa shape index (κ2) is 2.60. The minimum absolute atomic E-state index is 0.302. The van der Waals surface area contributed by atoms with E-state index in [4.69, 9.17) is 4.74 Å². The van der Waals surface area contributed by atoms with Crippen molar-refractivity contribution in [3.05, 3.63) is 0 Å². The molecule has 64 valence electrons. The predicted molar refractivity (Wildman–Crippen MR) is 39.1 cm³/mol. The Balaban J connectivity index is 2.16. The summed E-state index contributed by atoms with van der Waals surface area (Å²) >= 11 is 1.44. The predicted octanol–water partition coefficient (Wildman–Crippen LogP) is -1.46. The van der Waals surface area contributed by atoms with Gasteiger partial charge in [-0.25, -0.2) is 0 Å². The van der Waals surface area contributed by atoms with Gasteiger partial charge in [-0.2, -0.15) is 0 Å². The zero-order valence-electron chi connectivity index (χ0n) is 5.75. The van der Waals surface area contributed by atoms with E-state index in [0.717, 1.165) is 0 Å². The Morgan fingerprint density at radius 2 is 1.82 bits per heavy atom. The first-order chi connectivity index (χ1) is 5.20. The summed E-state index contributed by atoms with van der Waals surface area (Å²) in [4.78, 5) is 0. The maximum absolute atomic E-state index is 9.29. The van der Waals surface area contributed by atoms with E-state index >= 15 is 0 Å². The van der Waals surface area contributed by atoms with Crippen LogP contribution in [0.1, 0.15) is 0 Å². The molecular formula is C6H10O4S. The number of aliphatic hydroxyl groups excluding tert-OH is 3. The highest BCUT2D eigenvalue weighted by molar-refractivity contribution is 8.00. The standard InChI is InChI=1S/C6H10O4S/c7-3-2-1-11-6(10-2)5(9)4(3)8/h2-9H,1H2/t2-,3+,4-,5-,6+/m0/s1. The Morgan fingerprint density at radius 3 is 2.55 bits per heavy atom. The normalized spacial score (nSPS) is 56.5. The third-order valence-corrected chi connectivity index (χ3v) is 3.33. The highest BCUT2D eigenvalue weighted by atomic mass is 32.2. The molecule has 0 spiro atoms. The Labute approximate surface area is 68.2 Å². The fourth-order valence-corrected chi connectivity index (χ4v) is 2.62. The van der Waals surface area contributed by atoms with Crippen LogP contribution in [-0.2, 0) is 4.74 Å². The van der Waals surface area contributed by atoms with E-state index in [9.17, 15) is 15.3 Å². The van der Waals surface area contributed by atoms with Gasteiger partial charge in [0.2, 0.25) is 0 Å². The first-order valence-electron chi connectivity index (χ1n) is 3.51. The summed E-state index contributed by atoms with van der Waals surface area (Å²) in [6.45, 7) is 0. The van der Waals surface area contributed by atoms with Crippen LogP contribution in [0.5, 0.6) is 0 Å². The van der Waals surface area contributed by atoms with E-state index in [1.54, 1.807) is 0 Å². The second-order valence-electron chi connectivity index (χ2n) is 2.85. The maximum atomic E-state index is 9.29. The largest absolute Gasteiger partial charge is 0.388 e.